The molecule has 1 amide bonds. The molecule has 1 heterocycles. The van der Waals surface area contributed by atoms with Gasteiger partial charge in [0.1, 0.15) is 24.4 Å². The fourth-order valence-electron chi connectivity index (χ4n) is 8.34. The van der Waals surface area contributed by atoms with Crippen molar-refractivity contribution in [1.29, 1.82) is 0 Å². The van der Waals surface area contributed by atoms with Crippen molar-refractivity contribution in [3.63, 3.8) is 0 Å². The first-order chi connectivity index (χ1) is 30.0. The number of rotatable bonds is 44. The van der Waals surface area contributed by atoms with Gasteiger partial charge in [-0.3, -0.25) is 9.35 Å². The fourth-order valence-corrected chi connectivity index (χ4v) is 8.85. The molecule has 62 heavy (non-hydrogen) atoms. The molecule has 1 rings (SSSR count). The van der Waals surface area contributed by atoms with Crippen molar-refractivity contribution in [3.8, 4) is 0 Å². The summed E-state index contributed by atoms with van der Waals surface area (Å²) in [5.74, 6) is -0.258. The van der Waals surface area contributed by atoms with Crippen LogP contribution in [-0.2, 0) is 28.9 Å². The molecule has 7 unspecified atom stereocenters. The number of carbonyl (C=O) groups is 1. The highest BCUT2D eigenvalue weighted by Gasteiger charge is 2.48. The van der Waals surface area contributed by atoms with Crippen molar-refractivity contribution in [2.24, 2.45) is 0 Å². The van der Waals surface area contributed by atoms with E-state index in [4.69, 9.17) is 9.47 Å². The molecule has 0 radical (unpaired) electrons. The Labute approximate surface area is 379 Å². The molecule has 0 spiro atoms. The molecule has 1 fully saturated rings. The summed E-state index contributed by atoms with van der Waals surface area (Å²) >= 11 is 0. The summed E-state index contributed by atoms with van der Waals surface area (Å²) in [4.78, 5) is 13.1. The van der Waals surface area contributed by atoms with E-state index in [-0.39, 0.29) is 18.9 Å². The van der Waals surface area contributed by atoms with Crippen LogP contribution in [0.1, 0.15) is 239 Å². The zero-order valence-corrected chi connectivity index (χ0v) is 40.3. The van der Waals surface area contributed by atoms with Gasteiger partial charge in [0.25, 0.3) is 0 Å². The zero-order valence-electron chi connectivity index (χ0n) is 39.5. The molecular formula is C49H95NO11S. The van der Waals surface area contributed by atoms with Gasteiger partial charge in [-0.2, -0.15) is 8.42 Å². The van der Waals surface area contributed by atoms with E-state index in [0.29, 0.717) is 6.42 Å². The largest absolute Gasteiger partial charge is 0.397 e. The topological polar surface area (TPSA) is 192 Å². The first kappa shape index (κ1) is 58.9. The third-order valence-corrected chi connectivity index (χ3v) is 12.8. The van der Waals surface area contributed by atoms with E-state index in [2.05, 4.69) is 23.3 Å². The molecule has 0 bridgehead atoms. The lowest BCUT2D eigenvalue weighted by molar-refractivity contribution is -0.298. The maximum absolute atomic E-state index is 13.1. The second-order valence-electron chi connectivity index (χ2n) is 18.1. The number of ether oxygens (including phenoxy) is 2. The van der Waals surface area contributed by atoms with Gasteiger partial charge in [0.2, 0.25) is 5.91 Å². The van der Waals surface area contributed by atoms with Gasteiger partial charge in [-0.05, 0) is 19.3 Å². The van der Waals surface area contributed by atoms with Crippen LogP contribution >= 0.6 is 0 Å². The summed E-state index contributed by atoms with van der Waals surface area (Å²) < 4.78 is 47.7. The number of allylic oxidation sites excluding steroid dienone is 1. The fraction of sp³-hybridized carbons (Fsp3) is 0.939. The van der Waals surface area contributed by atoms with E-state index < -0.39 is 59.9 Å². The summed E-state index contributed by atoms with van der Waals surface area (Å²) in [6, 6.07) is -0.938. The van der Waals surface area contributed by atoms with Crippen molar-refractivity contribution >= 4 is 16.3 Å². The van der Waals surface area contributed by atoms with Gasteiger partial charge < -0.3 is 35.2 Å². The van der Waals surface area contributed by atoms with Crippen LogP contribution in [0.3, 0.4) is 0 Å². The molecule has 1 saturated heterocycles. The monoisotopic (exact) mass is 906 g/mol. The summed E-state index contributed by atoms with van der Waals surface area (Å²) in [7, 11) is -5.08. The standard InChI is InChI=1S/C49H95NO11S/c1-3-5-7-9-11-13-15-17-19-21-22-23-24-26-28-30-32-34-36-38-43(52)42(41-59-49-47(55)48(61-62(56,57)58)46(54)44(40-51)60-49)50-45(53)39-37-35-33-31-29-27-25-20-18-16-14-12-10-8-6-4-2/h36,38,42-44,46-49,51-52,54-55H,3-35,37,39-41H2,1-2H3,(H,50,53)(H,56,57,58)/b38-36+. The molecular weight excluding hydrogens is 811 g/mol. The van der Waals surface area contributed by atoms with Crippen molar-refractivity contribution in [1.82, 2.24) is 5.32 Å². The molecule has 7 atom stereocenters. The lowest BCUT2D eigenvalue weighted by atomic mass is 9.99. The Hall–Kier alpha value is -1.16. The van der Waals surface area contributed by atoms with Crippen molar-refractivity contribution in [2.75, 3.05) is 13.2 Å². The number of aliphatic hydroxyl groups excluding tert-OH is 4. The minimum absolute atomic E-state index is 0.258. The molecule has 0 saturated carbocycles. The second-order valence-corrected chi connectivity index (χ2v) is 19.2. The molecule has 13 heteroatoms. The van der Waals surface area contributed by atoms with Crippen LogP contribution in [-0.4, -0.2) is 95.4 Å². The number of unbranched alkanes of at least 4 members (excludes halogenated alkanes) is 32. The number of aliphatic hydroxyl groups is 4. The van der Waals surface area contributed by atoms with Gasteiger partial charge in [-0.25, -0.2) is 4.18 Å². The maximum Gasteiger partial charge on any atom is 0.397 e. The van der Waals surface area contributed by atoms with Crippen molar-refractivity contribution in [3.05, 3.63) is 12.2 Å². The Balaban J connectivity index is 2.46. The molecule has 0 aromatic heterocycles. The van der Waals surface area contributed by atoms with Crippen LogP contribution < -0.4 is 5.32 Å². The quantitative estimate of drug-likeness (QED) is 0.0194. The molecule has 1 aliphatic heterocycles. The van der Waals surface area contributed by atoms with Crippen LogP contribution in [0.4, 0.5) is 0 Å². The Kier molecular flexibility index (Phi) is 38.1. The highest BCUT2D eigenvalue weighted by atomic mass is 32.3. The first-order valence-electron chi connectivity index (χ1n) is 25.6. The lowest BCUT2D eigenvalue weighted by Gasteiger charge is -2.41. The van der Waals surface area contributed by atoms with Crippen LogP contribution in [0.5, 0.6) is 0 Å². The van der Waals surface area contributed by atoms with E-state index >= 15 is 0 Å². The second kappa shape index (κ2) is 40.1. The van der Waals surface area contributed by atoms with Gasteiger partial charge in [0.05, 0.1) is 25.4 Å². The average molecular weight is 906 g/mol. The first-order valence-corrected chi connectivity index (χ1v) is 26.9. The van der Waals surface area contributed by atoms with Crippen LogP contribution in [0, 0.1) is 0 Å². The number of hydrogen-bond donors (Lipinski definition) is 6. The van der Waals surface area contributed by atoms with E-state index in [9.17, 15) is 38.2 Å². The third-order valence-electron chi connectivity index (χ3n) is 12.3. The summed E-state index contributed by atoms with van der Waals surface area (Å²) in [5.41, 5.74) is 0. The highest BCUT2D eigenvalue weighted by molar-refractivity contribution is 7.80. The van der Waals surface area contributed by atoms with Gasteiger partial charge in [-0.1, -0.05) is 225 Å². The number of amides is 1. The Morgan fingerprint density at radius 1 is 0.629 bits per heavy atom. The maximum atomic E-state index is 13.1. The Morgan fingerprint density at radius 2 is 1.02 bits per heavy atom. The summed E-state index contributed by atoms with van der Waals surface area (Å²) in [6.45, 7) is 3.42. The molecule has 0 aliphatic carbocycles. The molecule has 0 aromatic carbocycles. The number of hydrogen-bond acceptors (Lipinski definition) is 10. The number of carbonyl (C=O) groups excluding carboxylic acids is 1. The van der Waals surface area contributed by atoms with Crippen LogP contribution in [0.25, 0.3) is 0 Å². The predicted molar refractivity (Wildman–Crippen MR) is 250 cm³/mol. The summed E-state index contributed by atoms with van der Waals surface area (Å²) in [6.07, 6.45) is 36.7. The predicted octanol–water partition coefficient (Wildman–Crippen LogP) is 10.7. The van der Waals surface area contributed by atoms with Gasteiger partial charge in [0.15, 0.2) is 6.29 Å². The zero-order chi connectivity index (χ0) is 45.5. The molecule has 1 aliphatic rings. The molecule has 6 N–H and O–H groups in total. The van der Waals surface area contributed by atoms with Crippen LogP contribution in [0.2, 0.25) is 0 Å². The minimum Gasteiger partial charge on any atom is -0.394 e. The highest BCUT2D eigenvalue weighted by Crippen LogP contribution is 2.26. The van der Waals surface area contributed by atoms with Gasteiger partial charge >= 0.3 is 10.4 Å². The minimum atomic E-state index is -5.08. The Bertz CT molecular complexity index is 1160. The Morgan fingerprint density at radius 3 is 1.40 bits per heavy atom. The van der Waals surface area contributed by atoms with Crippen molar-refractivity contribution in [2.45, 2.75) is 281 Å². The summed E-state index contributed by atoms with van der Waals surface area (Å²) in [5, 5.41) is 44.8. The number of nitrogens with one attached hydrogen (secondary N) is 1. The van der Waals surface area contributed by atoms with E-state index in [1.54, 1.807) is 6.08 Å². The molecule has 12 nitrogen and oxygen atoms in total. The average Bonchev–Trinajstić information content (AvgIpc) is 3.24. The smallest absolute Gasteiger partial charge is 0.394 e. The van der Waals surface area contributed by atoms with Crippen LogP contribution in [0.15, 0.2) is 12.2 Å². The van der Waals surface area contributed by atoms with Gasteiger partial charge in [0, 0.05) is 6.42 Å². The van der Waals surface area contributed by atoms with E-state index in [0.717, 1.165) is 38.5 Å². The molecule has 0 aromatic rings. The normalized spacial score (nSPS) is 20.5. The van der Waals surface area contributed by atoms with Gasteiger partial charge in [-0.15, -0.1) is 0 Å². The third kappa shape index (κ3) is 32.5. The van der Waals surface area contributed by atoms with Crippen molar-refractivity contribution < 1.29 is 51.8 Å². The lowest BCUT2D eigenvalue weighted by Crippen LogP contribution is -2.61. The van der Waals surface area contributed by atoms with E-state index in [1.165, 1.54) is 173 Å². The van der Waals surface area contributed by atoms with E-state index in [1.807, 2.05) is 6.08 Å². The molecule has 368 valence electrons. The SMILES string of the molecule is CCCCCCCCCCCCCCCCCCC/C=C/C(O)C(COC1OC(CO)C(O)C(OS(=O)(=O)O)C1O)NC(=O)CCCCCCCCCCCCCCCCCC.